The Bertz CT molecular complexity index is 94.9. The van der Waals surface area contributed by atoms with Crippen LogP contribution in [0.1, 0.15) is 46.0 Å². The highest BCUT2D eigenvalue weighted by Crippen LogP contribution is 2.09. The van der Waals surface area contributed by atoms with Crippen molar-refractivity contribution in [3.8, 4) is 0 Å². The van der Waals surface area contributed by atoms with Crippen molar-refractivity contribution in [1.29, 1.82) is 0 Å². The van der Waals surface area contributed by atoms with Crippen molar-refractivity contribution >= 4 is 11.6 Å². The van der Waals surface area contributed by atoms with Crippen LogP contribution in [0.5, 0.6) is 0 Å². The molecule has 0 bridgehead atoms. The smallest absolute Gasteiger partial charge is 0.00316 e. The maximum atomic E-state index is 5.50. The van der Waals surface area contributed by atoms with E-state index in [0.29, 0.717) is 0 Å². The van der Waals surface area contributed by atoms with E-state index in [-0.39, 0.29) is 0 Å². The lowest BCUT2D eigenvalue weighted by molar-refractivity contribution is 0.665. The second kappa shape index (κ2) is 7.14. The largest absolute Gasteiger partial charge is 0.0930 e. The molecule has 0 amide bonds. The van der Waals surface area contributed by atoms with Crippen LogP contribution in [0.3, 0.4) is 0 Å². The van der Waals surface area contributed by atoms with E-state index in [2.05, 4.69) is 13.8 Å². The van der Waals surface area contributed by atoms with E-state index in [4.69, 9.17) is 11.6 Å². The number of hydrogen-bond acceptors (Lipinski definition) is 0. The minimum Gasteiger partial charge on any atom is -0.0930 e. The SMILES string of the molecule is CCCCCC/C(C)=C\Cl. The van der Waals surface area contributed by atoms with Crippen molar-refractivity contribution in [2.45, 2.75) is 46.0 Å². The molecule has 60 valence electrons. The Morgan fingerprint density at radius 3 is 2.50 bits per heavy atom. The van der Waals surface area contributed by atoms with Gasteiger partial charge in [-0.1, -0.05) is 43.4 Å². The molecule has 0 aliphatic carbocycles. The quantitative estimate of drug-likeness (QED) is 0.532. The highest BCUT2D eigenvalue weighted by Gasteiger charge is 1.89. The summed E-state index contributed by atoms with van der Waals surface area (Å²) < 4.78 is 0. The van der Waals surface area contributed by atoms with Gasteiger partial charge < -0.3 is 0 Å². The van der Waals surface area contributed by atoms with Gasteiger partial charge in [-0.25, -0.2) is 0 Å². The normalized spacial score (nSPS) is 12.1. The highest BCUT2D eigenvalue weighted by atomic mass is 35.5. The van der Waals surface area contributed by atoms with Crippen LogP contribution in [-0.4, -0.2) is 0 Å². The van der Waals surface area contributed by atoms with Gasteiger partial charge in [0.25, 0.3) is 0 Å². The van der Waals surface area contributed by atoms with Crippen LogP contribution in [-0.2, 0) is 0 Å². The zero-order valence-electron chi connectivity index (χ0n) is 6.99. The predicted molar refractivity (Wildman–Crippen MR) is 48.4 cm³/mol. The Hall–Kier alpha value is 0.0300. The summed E-state index contributed by atoms with van der Waals surface area (Å²) in [6, 6.07) is 0. The van der Waals surface area contributed by atoms with Crippen LogP contribution in [0, 0.1) is 0 Å². The summed E-state index contributed by atoms with van der Waals surface area (Å²) in [6.45, 7) is 4.31. The Kier molecular flexibility index (Phi) is 7.16. The van der Waals surface area contributed by atoms with Crippen molar-refractivity contribution in [1.82, 2.24) is 0 Å². The molecule has 0 saturated carbocycles. The van der Waals surface area contributed by atoms with Gasteiger partial charge in [0.15, 0.2) is 0 Å². The molecule has 0 fully saturated rings. The second-order valence-electron chi connectivity index (χ2n) is 2.77. The molecule has 0 unspecified atom stereocenters. The maximum absolute atomic E-state index is 5.50. The number of rotatable bonds is 5. The lowest BCUT2D eigenvalue weighted by Gasteiger charge is -1.97. The second-order valence-corrected chi connectivity index (χ2v) is 2.98. The van der Waals surface area contributed by atoms with Gasteiger partial charge in [-0.05, 0) is 19.8 Å². The summed E-state index contributed by atoms with van der Waals surface area (Å²) in [7, 11) is 0. The van der Waals surface area contributed by atoms with Gasteiger partial charge in [-0.3, -0.25) is 0 Å². The Morgan fingerprint density at radius 2 is 2.00 bits per heavy atom. The van der Waals surface area contributed by atoms with Crippen LogP contribution in [0.4, 0.5) is 0 Å². The summed E-state index contributed by atoms with van der Waals surface area (Å²) in [5.74, 6) is 0. The van der Waals surface area contributed by atoms with Crippen LogP contribution in [0.25, 0.3) is 0 Å². The summed E-state index contributed by atoms with van der Waals surface area (Å²) in [5, 5.41) is 0. The standard InChI is InChI=1S/C9H17Cl/c1-3-4-5-6-7-9(2)8-10/h8H,3-7H2,1-2H3/b9-8-. The van der Waals surface area contributed by atoms with Crippen molar-refractivity contribution in [3.05, 3.63) is 11.1 Å². The molecule has 0 rings (SSSR count). The van der Waals surface area contributed by atoms with Crippen LogP contribution in [0.2, 0.25) is 0 Å². The minimum atomic E-state index is 1.17. The van der Waals surface area contributed by atoms with Crippen LogP contribution < -0.4 is 0 Å². The van der Waals surface area contributed by atoms with E-state index < -0.39 is 0 Å². The summed E-state index contributed by atoms with van der Waals surface area (Å²) in [5.41, 5.74) is 2.99. The summed E-state index contributed by atoms with van der Waals surface area (Å²) >= 11 is 5.50. The van der Waals surface area contributed by atoms with Gasteiger partial charge in [0.1, 0.15) is 0 Å². The molecule has 0 nitrogen and oxygen atoms in total. The average molecular weight is 161 g/mol. The van der Waals surface area contributed by atoms with E-state index in [1.807, 2.05) is 0 Å². The first-order valence-corrected chi connectivity index (χ1v) is 4.50. The molecule has 1 heteroatoms. The van der Waals surface area contributed by atoms with E-state index in [9.17, 15) is 0 Å². The molecule has 0 aliphatic rings. The number of unbranched alkanes of at least 4 members (excludes halogenated alkanes) is 3. The minimum absolute atomic E-state index is 1.17. The van der Waals surface area contributed by atoms with Gasteiger partial charge in [0.2, 0.25) is 0 Å². The van der Waals surface area contributed by atoms with Gasteiger partial charge >= 0.3 is 0 Å². The zero-order chi connectivity index (χ0) is 7.82. The van der Waals surface area contributed by atoms with E-state index in [1.165, 1.54) is 37.7 Å². The monoisotopic (exact) mass is 160 g/mol. The molecule has 0 radical (unpaired) electrons. The molecule has 0 aromatic carbocycles. The molecule has 0 aromatic rings. The molecule has 0 N–H and O–H groups in total. The van der Waals surface area contributed by atoms with Crippen LogP contribution >= 0.6 is 11.6 Å². The van der Waals surface area contributed by atoms with Crippen molar-refractivity contribution in [3.63, 3.8) is 0 Å². The van der Waals surface area contributed by atoms with Crippen molar-refractivity contribution in [2.75, 3.05) is 0 Å². The molecule has 0 aliphatic heterocycles. The van der Waals surface area contributed by atoms with Crippen LogP contribution in [0.15, 0.2) is 11.1 Å². The lowest BCUT2D eigenvalue weighted by Crippen LogP contribution is -1.78. The van der Waals surface area contributed by atoms with Gasteiger partial charge in [-0.15, -0.1) is 0 Å². The fourth-order valence-corrected chi connectivity index (χ4v) is 0.994. The molecular formula is C9H17Cl. The third kappa shape index (κ3) is 6.15. The van der Waals surface area contributed by atoms with Gasteiger partial charge in [0, 0.05) is 5.54 Å². The van der Waals surface area contributed by atoms with Crippen molar-refractivity contribution < 1.29 is 0 Å². The maximum Gasteiger partial charge on any atom is 0.00316 e. The Balaban J connectivity index is 3.04. The molecule has 0 atom stereocenters. The van der Waals surface area contributed by atoms with Gasteiger partial charge in [0.05, 0.1) is 0 Å². The molecular weight excluding hydrogens is 144 g/mol. The topological polar surface area (TPSA) is 0 Å². The number of halogens is 1. The van der Waals surface area contributed by atoms with E-state index >= 15 is 0 Å². The fraction of sp³-hybridized carbons (Fsp3) is 0.778. The molecule has 0 spiro atoms. The Morgan fingerprint density at radius 1 is 1.30 bits per heavy atom. The van der Waals surface area contributed by atoms with Crippen molar-refractivity contribution in [2.24, 2.45) is 0 Å². The number of hydrogen-bond donors (Lipinski definition) is 0. The third-order valence-electron chi connectivity index (χ3n) is 1.61. The first-order valence-electron chi connectivity index (χ1n) is 4.07. The summed E-state index contributed by atoms with van der Waals surface area (Å²) in [4.78, 5) is 0. The molecule has 0 heterocycles. The lowest BCUT2D eigenvalue weighted by atomic mass is 10.1. The highest BCUT2D eigenvalue weighted by molar-refractivity contribution is 6.25. The predicted octanol–water partition coefficient (Wildman–Crippen LogP) is 4.10. The Labute approximate surface area is 69.3 Å². The first kappa shape index (κ1) is 10.0. The fourth-order valence-electron chi connectivity index (χ4n) is 0.885. The zero-order valence-corrected chi connectivity index (χ0v) is 7.75. The summed E-state index contributed by atoms with van der Waals surface area (Å²) in [6.07, 6.45) is 6.48. The first-order chi connectivity index (χ1) is 4.81. The van der Waals surface area contributed by atoms with Gasteiger partial charge in [-0.2, -0.15) is 0 Å². The van der Waals surface area contributed by atoms with E-state index in [1.54, 1.807) is 5.54 Å². The van der Waals surface area contributed by atoms with E-state index in [0.717, 1.165) is 0 Å². The number of allylic oxidation sites excluding steroid dienone is 1. The molecule has 0 saturated heterocycles. The molecule has 0 aromatic heterocycles. The average Bonchev–Trinajstić information content (AvgIpc) is 1.98. The molecule has 10 heavy (non-hydrogen) atoms. The third-order valence-corrected chi connectivity index (χ3v) is 1.98.